The molecular formula is C14H30O2Si. The second kappa shape index (κ2) is 6.16. The second-order valence-electron chi connectivity index (χ2n) is 6.49. The van der Waals surface area contributed by atoms with E-state index in [-0.39, 0.29) is 23.7 Å². The van der Waals surface area contributed by atoms with Crippen LogP contribution in [0.25, 0.3) is 0 Å². The van der Waals surface area contributed by atoms with E-state index >= 15 is 0 Å². The van der Waals surface area contributed by atoms with Crippen molar-refractivity contribution in [1.29, 1.82) is 0 Å². The van der Waals surface area contributed by atoms with Gasteiger partial charge >= 0.3 is 0 Å². The molecule has 0 rings (SSSR count). The summed E-state index contributed by atoms with van der Waals surface area (Å²) in [5, 5.41) is 9.56. The van der Waals surface area contributed by atoms with Gasteiger partial charge in [0.05, 0.1) is 6.10 Å². The molecule has 1 N–H and O–H groups in total. The largest absolute Gasteiger partial charge is 0.410 e. The first-order chi connectivity index (χ1) is 7.56. The van der Waals surface area contributed by atoms with Crippen LogP contribution in [0.4, 0.5) is 0 Å². The van der Waals surface area contributed by atoms with Crippen molar-refractivity contribution in [2.45, 2.75) is 65.8 Å². The van der Waals surface area contributed by atoms with Gasteiger partial charge in [0.25, 0.3) is 0 Å². The minimum atomic E-state index is -1.78. The van der Waals surface area contributed by atoms with Gasteiger partial charge in [-0.15, -0.1) is 0 Å². The third kappa shape index (κ3) is 4.57. The Kier molecular flexibility index (Phi) is 6.12. The molecule has 0 aliphatic carbocycles. The summed E-state index contributed by atoms with van der Waals surface area (Å²) >= 11 is 0. The molecule has 0 unspecified atom stereocenters. The molecule has 0 spiro atoms. The Morgan fingerprint density at radius 2 is 1.82 bits per heavy atom. The third-order valence-electron chi connectivity index (χ3n) is 3.94. The fourth-order valence-electron chi connectivity index (χ4n) is 1.41. The second-order valence-corrected chi connectivity index (χ2v) is 11.2. The molecule has 0 aromatic heterocycles. The molecule has 0 aliphatic heterocycles. The lowest BCUT2D eigenvalue weighted by atomic mass is 9.99. The zero-order chi connectivity index (χ0) is 13.9. The van der Waals surface area contributed by atoms with E-state index in [2.05, 4.69) is 46.9 Å². The molecule has 17 heavy (non-hydrogen) atoms. The van der Waals surface area contributed by atoms with Gasteiger partial charge in [-0.25, -0.2) is 0 Å². The third-order valence-corrected chi connectivity index (χ3v) is 8.39. The number of aliphatic hydroxyl groups excluding tert-OH is 1. The highest BCUT2D eigenvalue weighted by Gasteiger charge is 2.40. The summed E-state index contributed by atoms with van der Waals surface area (Å²) in [4.78, 5) is 0. The monoisotopic (exact) mass is 258 g/mol. The van der Waals surface area contributed by atoms with Crippen LogP contribution >= 0.6 is 0 Å². The van der Waals surface area contributed by atoms with Crippen LogP contribution < -0.4 is 0 Å². The van der Waals surface area contributed by atoms with E-state index in [4.69, 9.17) is 4.43 Å². The highest BCUT2D eigenvalue weighted by Crippen LogP contribution is 2.38. The van der Waals surface area contributed by atoms with E-state index < -0.39 is 8.32 Å². The zero-order valence-electron chi connectivity index (χ0n) is 12.8. The minimum Gasteiger partial charge on any atom is -0.410 e. The van der Waals surface area contributed by atoms with Crippen LogP contribution in [0.5, 0.6) is 0 Å². The van der Waals surface area contributed by atoms with Gasteiger partial charge in [0, 0.05) is 12.5 Å². The molecule has 2 atom stereocenters. The molecule has 0 saturated heterocycles. The Balaban J connectivity index is 5.01. The van der Waals surface area contributed by atoms with Gasteiger partial charge in [-0.3, -0.25) is 0 Å². The Labute approximate surface area is 108 Å². The van der Waals surface area contributed by atoms with Crippen LogP contribution in [0.1, 0.15) is 41.5 Å². The maximum absolute atomic E-state index is 9.36. The number of allylic oxidation sites excluding steroid dienone is 1. The summed E-state index contributed by atoms with van der Waals surface area (Å²) in [5.74, 6) is 0.153. The average molecular weight is 258 g/mol. The average Bonchev–Trinajstić information content (AvgIpc) is 2.22. The molecule has 0 bridgehead atoms. The number of rotatable bonds is 5. The van der Waals surface area contributed by atoms with E-state index in [1.165, 1.54) is 5.57 Å². The quantitative estimate of drug-likeness (QED) is 0.597. The van der Waals surface area contributed by atoms with Crippen LogP contribution in [0, 0.1) is 5.92 Å². The summed E-state index contributed by atoms with van der Waals surface area (Å²) in [6.45, 7) is 17.6. The van der Waals surface area contributed by atoms with Crippen molar-refractivity contribution in [3.63, 3.8) is 0 Å². The van der Waals surface area contributed by atoms with Crippen molar-refractivity contribution >= 4 is 8.32 Å². The molecule has 2 nitrogen and oxygen atoms in total. The minimum absolute atomic E-state index is 0.0471. The van der Waals surface area contributed by atoms with Gasteiger partial charge < -0.3 is 9.53 Å². The normalized spacial score (nSPS) is 18.1. The lowest BCUT2D eigenvalue weighted by Gasteiger charge is -2.41. The van der Waals surface area contributed by atoms with Gasteiger partial charge in [0.2, 0.25) is 0 Å². The molecule has 0 fully saturated rings. The summed E-state index contributed by atoms with van der Waals surface area (Å²) in [5.41, 5.74) is 1.22. The van der Waals surface area contributed by atoms with Crippen LogP contribution in [-0.4, -0.2) is 26.1 Å². The first-order valence-corrected chi connectivity index (χ1v) is 9.39. The molecule has 0 heterocycles. The number of hydrogen-bond donors (Lipinski definition) is 1. The van der Waals surface area contributed by atoms with Gasteiger partial charge in [-0.05, 0) is 37.6 Å². The number of aliphatic hydroxyl groups is 1. The lowest BCUT2D eigenvalue weighted by Crippen LogP contribution is -2.46. The molecule has 0 amide bonds. The summed E-state index contributed by atoms with van der Waals surface area (Å²) in [7, 11) is -1.78. The molecular weight excluding hydrogens is 228 g/mol. The van der Waals surface area contributed by atoms with Gasteiger partial charge in [-0.2, -0.15) is 0 Å². The smallest absolute Gasteiger partial charge is 0.192 e. The van der Waals surface area contributed by atoms with E-state index in [1.54, 1.807) is 0 Å². The van der Waals surface area contributed by atoms with Crippen LogP contribution in [0.15, 0.2) is 11.6 Å². The fourth-order valence-corrected chi connectivity index (χ4v) is 2.82. The Bertz CT molecular complexity index is 264. The molecule has 0 saturated carbocycles. The predicted octanol–water partition coefficient (Wildman–Crippen LogP) is 3.97. The van der Waals surface area contributed by atoms with Crippen molar-refractivity contribution in [1.82, 2.24) is 0 Å². The Morgan fingerprint density at radius 3 is 2.12 bits per heavy atom. The highest BCUT2D eigenvalue weighted by atomic mass is 28.4. The molecule has 0 radical (unpaired) electrons. The van der Waals surface area contributed by atoms with Crippen molar-refractivity contribution in [2.75, 3.05) is 6.61 Å². The Hall–Kier alpha value is -0.123. The van der Waals surface area contributed by atoms with Crippen molar-refractivity contribution in [2.24, 2.45) is 5.92 Å². The summed E-state index contributed by atoms with van der Waals surface area (Å²) in [6.07, 6.45) is 2.13. The van der Waals surface area contributed by atoms with E-state index in [9.17, 15) is 5.11 Å². The van der Waals surface area contributed by atoms with E-state index in [1.807, 2.05) is 13.8 Å². The SMILES string of the molecule is C/C=C(\C)[C@H](O[Si](C)(C)C(C)(C)C)[C@H](C)CO. The van der Waals surface area contributed by atoms with E-state index in [0.717, 1.165) is 0 Å². The Morgan fingerprint density at radius 1 is 1.35 bits per heavy atom. The first kappa shape index (κ1) is 16.9. The maximum Gasteiger partial charge on any atom is 0.192 e. The molecule has 3 heteroatoms. The summed E-state index contributed by atoms with van der Waals surface area (Å²) < 4.78 is 6.42. The van der Waals surface area contributed by atoms with Crippen LogP contribution in [0.3, 0.4) is 0 Å². The molecule has 0 aromatic carbocycles. The summed E-state index contributed by atoms with van der Waals surface area (Å²) in [6, 6.07) is 0. The predicted molar refractivity (Wildman–Crippen MR) is 77.8 cm³/mol. The van der Waals surface area contributed by atoms with Crippen LogP contribution in [-0.2, 0) is 4.43 Å². The standard InChI is InChI=1S/C14H30O2Si/c1-9-11(2)13(12(3)10-15)16-17(7,8)14(4,5)6/h9,12-13,15H,10H2,1-8H3/b11-9+/t12-,13+/m1/s1. The van der Waals surface area contributed by atoms with Gasteiger partial charge in [0.1, 0.15) is 0 Å². The first-order valence-electron chi connectivity index (χ1n) is 6.48. The molecule has 0 aromatic rings. The van der Waals surface area contributed by atoms with Crippen molar-refractivity contribution in [3.8, 4) is 0 Å². The molecule has 0 aliphatic rings. The zero-order valence-corrected chi connectivity index (χ0v) is 13.8. The fraction of sp³-hybridized carbons (Fsp3) is 0.857. The highest BCUT2D eigenvalue weighted by molar-refractivity contribution is 6.74. The number of hydrogen-bond acceptors (Lipinski definition) is 2. The van der Waals surface area contributed by atoms with Gasteiger partial charge in [0.15, 0.2) is 8.32 Å². The molecule has 102 valence electrons. The maximum atomic E-state index is 9.36. The van der Waals surface area contributed by atoms with Gasteiger partial charge in [-0.1, -0.05) is 33.8 Å². The van der Waals surface area contributed by atoms with Crippen molar-refractivity contribution in [3.05, 3.63) is 11.6 Å². The van der Waals surface area contributed by atoms with Crippen molar-refractivity contribution < 1.29 is 9.53 Å². The van der Waals surface area contributed by atoms with Crippen LogP contribution in [0.2, 0.25) is 18.1 Å². The lowest BCUT2D eigenvalue weighted by molar-refractivity contribution is 0.109. The topological polar surface area (TPSA) is 29.5 Å². The van der Waals surface area contributed by atoms with E-state index in [0.29, 0.717) is 0 Å².